The van der Waals surface area contributed by atoms with Crippen molar-refractivity contribution in [3.63, 3.8) is 0 Å². The van der Waals surface area contributed by atoms with Gasteiger partial charge in [-0.05, 0) is 24.6 Å². The molecule has 2 aromatic heterocycles. The number of thiazole rings is 1. The van der Waals surface area contributed by atoms with Crippen molar-refractivity contribution in [2.75, 3.05) is 7.11 Å². The molecule has 2 heterocycles. The second-order valence-corrected chi connectivity index (χ2v) is 6.61. The van der Waals surface area contributed by atoms with E-state index in [9.17, 15) is 4.79 Å². The van der Waals surface area contributed by atoms with Crippen molar-refractivity contribution >= 4 is 22.4 Å². The van der Waals surface area contributed by atoms with Crippen molar-refractivity contribution < 1.29 is 4.74 Å². The van der Waals surface area contributed by atoms with Crippen LogP contribution in [0.1, 0.15) is 11.1 Å². The molecule has 0 spiro atoms. The first-order chi connectivity index (χ1) is 12.2. The summed E-state index contributed by atoms with van der Waals surface area (Å²) < 4.78 is 7.28. The highest BCUT2D eigenvalue weighted by Crippen LogP contribution is 2.21. The summed E-state index contributed by atoms with van der Waals surface area (Å²) in [6.07, 6.45) is 1.82. The van der Waals surface area contributed by atoms with Gasteiger partial charge in [0.1, 0.15) is 5.75 Å². The van der Waals surface area contributed by atoms with Crippen molar-refractivity contribution in [3.05, 3.63) is 74.5 Å². The molecule has 5 nitrogen and oxygen atoms in total. The number of para-hydroxylation sites is 1. The fraction of sp³-hybridized carbons (Fsp3) is 0.105. The van der Waals surface area contributed by atoms with E-state index < -0.39 is 0 Å². The van der Waals surface area contributed by atoms with E-state index in [1.807, 2.05) is 61.5 Å². The van der Waals surface area contributed by atoms with E-state index in [1.165, 1.54) is 15.9 Å². The van der Waals surface area contributed by atoms with Crippen LogP contribution in [0.2, 0.25) is 0 Å². The molecule has 0 saturated heterocycles. The van der Waals surface area contributed by atoms with Crippen LogP contribution in [0.25, 0.3) is 22.4 Å². The van der Waals surface area contributed by atoms with Gasteiger partial charge in [-0.15, -0.1) is 5.10 Å². The highest BCUT2D eigenvalue weighted by molar-refractivity contribution is 7.15. The van der Waals surface area contributed by atoms with E-state index in [0.717, 1.165) is 22.4 Å². The molecule has 0 aliphatic carbocycles. The largest absolute Gasteiger partial charge is 0.496 e. The highest BCUT2D eigenvalue weighted by Gasteiger charge is 2.13. The molecule has 25 heavy (non-hydrogen) atoms. The number of nitrogens with zero attached hydrogens (tertiary/aromatic N) is 3. The van der Waals surface area contributed by atoms with Crippen LogP contribution in [0, 0.1) is 6.92 Å². The third-order valence-corrected chi connectivity index (χ3v) is 4.95. The average molecular weight is 349 g/mol. The summed E-state index contributed by atoms with van der Waals surface area (Å²) in [5.41, 5.74) is 2.70. The van der Waals surface area contributed by atoms with Crippen LogP contribution in [0.5, 0.6) is 5.75 Å². The molecule has 0 N–H and O–H groups in total. The van der Waals surface area contributed by atoms with Gasteiger partial charge in [0.25, 0.3) is 5.56 Å². The number of fused-ring (bicyclic) bond motifs is 1. The molecule has 0 aliphatic heterocycles. The topological polar surface area (TPSA) is 56.5 Å². The molecule has 0 fully saturated rings. The minimum absolute atomic E-state index is 0.168. The second-order valence-electron chi connectivity index (χ2n) is 5.60. The number of hydrogen-bond donors (Lipinski definition) is 0. The van der Waals surface area contributed by atoms with Gasteiger partial charge in [-0.3, -0.25) is 4.79 Å². The molecular weight excluding hydrogens is 334 g/mol. The van der Waals surface area contributed by atoms with Gasteiger partial charge in [-0.2, -0.15) is 9.50 Å². The van der Waals surface area contributed by atoms with Gasteiger partial charge >= 0.3 is 0 Å². The van der Waals surface area contributed by atoms with Gasteiger partial charge in [0, 0.05) is 11.1 Å². The van der Waals surface area contributed by atoms with Crippen LogP contribution in [-0.2, 0) is 0 Å². The Labute approximate surface area is 147 Å². The fourth-order valence-electron chi connectivity index (χ4n) is 2.70. The molecule has 124 valence electrons. The lowest BCUT2D eigenvalue weighted by Gasteiger charge is -2.02. The molecule has 2 aromatic carbocycles. The zero-order chi connectivity index (χ0) is 17.4. The Bertz CT molecular complexity index is 1180. The van der Waals surface area contributed by atoms with Crippen molar-refractivity contribution in [3.8, 4) is 17.1 Å². The van der Waals surface area contributed by atoms with E-state index >= 15 is 0 Å². The molecule has 4 rings (SSSR count). The van der Waals surface area contributed by atoms with Crippen LogP contribution < -0.4 is 14.8 Å². The van der Waals surface area contributed by atoms with E-state index in [0.29, 0.717) is 15.3 Å². The molecule has 0 unspecified atom stereocenters. The highest BCUT2D eigenvalue weighted by atomic mass is 32.1. The van der Waals surface area contributed by atoms with E-state index in [2.05, 4.69) is 10.1 Å². The van der Waals surface area contributed by atoms with Crippen LogP contribution >= 0.6 is 11.3 Å². The number of methoxy groups -OCH3 is 1. The average Bonchev–Trinajstić information content (AvgIpc) is 3.16. The number of aromatic nitrogens is 3. The quantitative estimate of drug-likeness (QED) is 0.571. The van der Waals surface area contributed by atoms with E-state index in [-0.39, 0.29) is 5.56 Å². The van der Waals surface area contributed by atoms with Gasteiger partial charge in [0.2, 0.25) is 4.96 Å². The number of rotatable bonds is 3. The van der Waals surface area contributed by atoms with Crippen LogP contribution in [0.4, 0.5) is 0 Å². The summed E-state index contributed by atoms with van der Waals surface area (Å²) >= 11 is 1.33. The Morgan fingerprint density at radius 2 is 1.88 bits per heavy atom. The molecule has 4 aromatic rings. The van der Waals surface area contributed by atoms with Gasteiger partial charge in [-0.1, -0.05) is 53.8 Å². The number of ether oxygens (including phenoxy) is 1. The third-order valence-electron chi connectivity index (χ3n) is 3.99. The lowest BCUT2D eigenvalue weighted by atomic mass is 10.1. The summed E-state index contributed by atoms with van der Waals surface area (Å²) in [7, 11) is 1.61. The van der Waals surface area contributed by atoms with Gasteiger partial charge in [0.05, 0.1) is 11.6 Å². The van der Waals surface area contributed by atoms with Crippen molar-refractivity contribution in [2.45, 2.75) is 6.92 Å². The smallest absolute Gasteiger partial charge is 0.291 e. The lowest BCUT2D eigenvalue weighted by molar-refractivity contribution is 0.414. The van der Waals surface area contributed by atoms with Crippen molar-refractivity contribution in [2.24, 2.45) is 0 Å². The predicted molar refractivity (Wildman–Crippen MR) is 99.1 cm³/mol. The Hall–Kier alpha value is -2.99. The van der Waals surface area contributed by atoms with Crippen molar-refractivity contribution in [1.29, 1.82) is 0 Å². The van der Waals surface area contributed by atoms with Gasteiger partial charge in [-0.25, -0.2) is 0 Å². The molecule has 0 bridgehead atoms. The first kappa shape index (κ1) is 15.5. The molecule has 0 amide bonds. The predicted octanol–water partition coefficient (Wildman–Crippen LogP) is 2.68. The monoisotopic (exact) mass is 349 g/mol. The third kappa shape index (κ3) is 2.70. The van der Waals surface area contributed by atoms with Crippen LogP contribution in [0.15, 0.2) is 53.3 Å². The summed E-state index contributed by atoms with van der Waals surface area (Å²) in [5, 5.41) is 4.40. The standard InChI is InChI=1S/C19H15N3O2S/c1-12-7-3-5-9-14(12)17-20-19-22(21-17)18(23)16(25-19)11-13-8-4-6-10-15(13)24-2/h3-11H,1-2H3/b16-11+. The molecule has 0 aliphatic rings. The van der Waals surface area contributed by atoms with E-state index in [4.69, 9.17) is 4.74 Å². The Balaban J connectivity index is 1.85. The Kier molecular flexibility index (Phi) is 3.82. The number of aryl methyl sites for hydroxylation is 1. The van der Waals surface area contributed by atoms with E-state index in [1.54, 1.807) is 7.11 Å². The van der Waals surface area contributed by atoms with Crippen LogP contribution in [-0.4, -0.2) is 21.7 Å². The maximum absolute atomic E-state index is 12.7. The van der Waals surface area contributed by atoms with Crippen molar-refractivity contribution in [1.82, 2.24) is 14.6 Å². The summed E-state index contributed by atoms with van der Waals surface area (Å²) in [6, 6.07) is 15.5. The minimum atomic E-state index is -0.168. The minimum Gasteiger partial charge on any atom is -0.496 e. The number of hydrogen-bond acceptors (Lipinski definition) is 5. The molecule has 0 radical (unpaired) electrons. The lowest BCUT2D eigenvalue weighted by Crippen LogP contribution is -2.23. The van der Waals surface area contributed by atoms with Gasteiger partial charge < -0.3 is 4.74 Å². The summed E-state index contributed by atoms with van der Waals surface area (Å²) in [5.74, 6) is 1.30. The van der Waals surface area contributed by atoms with Gasteiger partial charge in [0.15, 0.2) is 5.82 Å². The summed E-state index contributed by atoms with van der Waals surface area (Å²) in [6.45, 7) is 2.00. The molecule has 0 saturated carbocycles. The SMILES string of the molecule is COc1ccccc1/C=c1/sc2nc(-c3ccccc3C)nn2c1=O. The normalized spacial score (nSPS) is 12.0. The first-order valence-corrected chi connectivity index (χ1v) is 8.59. The van der Waals surface area contributed by atoms with Crippen LogP contribution in [0.3, 0.4) is 0 Å². The summed E-state index contributed by atoms with van der Waals surface area (Å²) in [4.78, 5) is 17.8. The second kappa shape index (κ2) is 6.14. The fourth-order valence-corrected chi connectivity index (χ4v) is 3.60. The molecular formula is C19H15N3O2S. The molecule has 0 atom stereocenters. The maximum atomic E-state index is 12.7. The zero-order valence-electron chi connectivity index (χ0n) is 13.8. The Morgan fingerprint density at radius 1 is 1.12 bits per heavy atom. The maximum Gasteiger partial charge on any atom is 0.291 e. The first-order valence-electron chi connectivity index (χ1n) is 7.77. The molecule has 6 heteroatoms. The zero-order valence-corrected chi connectivity index (χ0v) is 14.6. The number of benzene rings is 2. The Morgan fingerprint density at radius 3 is 2.64 bits per heavy atom.